The molecule has 9 nitrogen and oxygen atoms in total. The Kier molecular flexibility index (Phi) is 9.82. The van der Waals surface area contributed by atoms with E-state index in [4.69, 9.17) is 28.2 Å². The molecule has 0 spiro atoms. The molecule has 0 aliphatic carbocycles. The lowest BCUT2D eigenvalue weighted by molar-refractivity contribution is -0.139. The number of piperidine rings is 1. The Morgan fingerprint density at radius 3 is 2.71 bits per heavy atom. The molecule has 1 aromatic carbocycles. The van der Waals surface area contributed by atoms with E-state index in [0.717, 1.165) is 69.7 Å². The first-order valence-electron chi connectivity index (χ1n) is 13.0. The molecule has 0 radical (unpaired) electrons. The molecule has 2 aromatic rings. The molecule has 2 aliphatic rings. The van der Waals surface area contributed by atoms with Crippen LogP contribution in [0, 0.1) is 5.92 Å². The number of aryl methyl sites for hydroxylation is 2. The zero-order valence-electron chi connectivity index (χ0n) is 21.1. The average Bonchev–Trinajstić information content (AvgIpc) is 2.90. The van der Waals surface area contributed by atoms with Crippen LogP contribution in [0.4, 0.5) is 5.82 Å². The Balaban J connectivity index is 1.23. The fourth-order valence-corrected chi connectivity index (χ4v) is 5.46. The van der Waals surface area contributed by atoms with Crippen molar-refractivity contribution in [2.45, 2.75) is 44.6 Å². The monoisotopic (exact) mass is 561 g/mol. The first-order valence-corrected chi connectivity index (χ1v) is 13.8. The van der Waals surface area contributed by atoms with E-state index in [0.29, 0.717) is 6.54 Å². The predicted octanol–water partition coefficient (Wildman–Crippen LogP) is 3.39. The number of fused-ring (bicyclic) bond motifs is 1. The van der Waals surface area contributed by atoms with E-state index in [9.17, 15) is 19.5 Å². The number of rotatable bonds is 10. The van der Waals surface area contributed by atoms with E-state index < -0.39 is 17.9 Å². The molecular weight excluding hydrogens is 529 g/mol. The van der Waals surface area contributed by atoms with Crippen LogP contribution < -0.4 is 16.0 Å². The third-order valence-electron chi connectivity index (χ3n) is 6.94. The van der Waals surface area contributed by atoms with E-state index >= 15 is 0 Å². The second kappa shape index (κ2) is 13.3. The van der Waals surface area contributed by atoms with Crippen LogP contribution >= 0.6 is 23.2 Å². The highest BCUT2D eigenvalue weighted by Gasteiger charge is 2.28. The van der Waals surface area contributed by atoms with Crippen LogP contribution in [0.15, 0.2) is 30.3 Å². The molecule has 11 heteroatoms. The molecule has 2 atom stereocenters. The topological polar surface area (TPSA) is 124 Å². The van der Waals surface area contributed by atoms with Crippen molar-refractivity contribution in [2.24, 2.45) is 5.92 Å². The quantitative estimate of drug-likeness (QED) is 0.350. The van der Waals surface area contributed by atoms with Gasteiger partial charge >= 0.3 is 5.97 Å². The number of nitrogens with one attached hydrogen (secondary N) is 3. The molecule has 3 heterocycles. The van der Waals surface area contributed by atoms with E-state index in [1.807, 2.05) is 0 Å². The third kappa shape index (κ3) is 7.82. The van der Waals surface area contributed by atoms with Crippen molar-refractivity contribution in [2.75, 3.05) is 38.0 Å². The van der Waals surface area contributed by atoms with Crippen LogP contribution in [0.3, 0.4) is 0 Å². The van der Waals surface area contributed by atoms with Crippen molar-refractivity contribution >= 4 is 46.8 Å². The molecule has 204 valence electrons. The van der Waals surface area contributed by atoms with Crippen LogP contribution in [0.5, 0.6) is 0 Å². The highest BCUT2D eigenvalue weighted by atomic mass is 35.5. The van der Waals surface area contributed by atoms with E-state index in [1.165, 1.54) is 23.8 Å². The lowest BCUT2D eigenvalue weighted by Gasteiger charge is -2.32. The van der Waals surface area contributed by atoms with Gasteiger partial charge in [0, 0.05) is 40.9 Å². The van der Waals surface area contributed by atoms with Crippen molar-refractivity contribution in [3.63, 3.8) is 0 Å². The Morgan fingerprint density at radius 2 is 1.95 bits per heavy atom. The number of pyridine rings is 1. The van der Waals surface area contributed by atoms with Crippen molar-refractivity contribution in [1.82, 2.24) is 20.5 Å². The van der Waals surface area contributed by atoms with E-state index in [1.54, 1.807) is 0 Å². The number of anilines is 1. The largest absolute Gasteiger partial charge is 0.480 e. The number of carboxylic acids is 1. The fourth-order valence-electron chi connectivity index (χ4n) is 4.94. The number of likely N-dealkylation sites (tertiary alicyclic amines) is 1. The maximum absolute atomic E-state index is 12.9. The maximum Gasteiger partial charge on any atom is 0.328 e. The Morgan fingerprint density at radius 1 is 1.16 bits per heavy atom. The summed E-state index contributed by atoms with van der Waals surface area (Å²) in [6, 6.07) is 7.26. The van der Waals surface area contributed by atoms with Gasteiger partial charge in [-0.1, -0.05) is 29.3 Å². The van der Waals surface area contributed by atoms with Gasteiger partial charge in [-0.3, -0.25) is 9.59 Å². The number of carboxylic acid groups (broad SMARTS) is 1. The van der Waals surface area contributed by atoms with Gasteiger partial charge in [-0.2, -0.15) is 0 Å². The minimum Gasteiger partial charge on any atom is -0.480 e. The molecule has 2 aliphatic heterocycles. The molecule has 4 rings (SSSR count). The first kappa shape index (κ1) is 28.1. The predicted molar refractivity (Wildman–Crippen MR) is 147 cm³/mol. The van der Waals surface area contributed by atoms with Crippen LogP contribution in [0.2, 0.25) is 10.0 Å². The summed E-state index contributed by atoms with van der Waals surface area (Å²) in [4.78, 5) is 44.1. The van der Waals surface area contributed by atoms with Gasteiger partial charge in [0.05, 0.1) is 5.92 Å². The highest BCUT2D eigenvalue weighted by Crippen LogP contribution is 2.22. The zero-order valence-corrected chi connectivity index (χ0v) is 22.7. The SMILES string of the molecule is O=C(N[C@@H](CNC(=O)[C@@H]1CCCN(CCCc2ccc3c(n2)NCCC3)C1)C(=O)O)c1cc(Cl)cc(Cl)c1. The summed E-state index contributed by atoms with van der Waals surface area (Å²) in [7, 11) is 0. The van der Waals surface area contributed by atoms with Crippen molar-refractivity contribution in [1.29, 1.82) is 0 Å². The molecule has 4 N–H and O–H groups in total. The molecule has 1 aromatic heterocycles. The van der Waals surface area contributed by atoms with Gasteiger partial charge in [-0.25, -0.2) is 9.78 Å². The van der Waals surface area contributed by atoms with Crippen molar-refractivity contribution in [3.8, 4) is 0 Å². The Labute approximate surface area is 232 Å². The molecule has 2 amide bonds. The molecule has 1 saturated heterocycles. The number of carbonyl (C=O) groups excluding carboxylic acids is 2. The summed E-state index contributed by atoms with van der Waals surface area (Å²) in [6.45, 7) is 3.17. The van der Waals surface area contributed by atoms with E-state index in [2.05, 4.69) is 33.0 Å². The zero-order chi connectivity index (χ0) is 27.1. The van der Waals surface area contributed by atoms with Gasteiger partial charge in [0.25, 0.3) is 5.91 Å². The second-order valence-corrected chi connectivity index (χ2v) is 10.7. The number of aliphatic carboxylic acids is 1. The van der Waals surface area contributed by atoms with Gasteiger partial charge in [0.15, 0.2) is 0 Å². The molecule has 1 fully saturated rings. The molecule has 0 bridgehead atoms. The molecular formula is C27H33Cl2N5O4. The minimum absolute atomic E-state index is 0.143. The first-order chi connectivity index (χ1) is 18.3. The number of aromatic nitrogens is 1. The number of hydrogen-bond acceptors (Lipinski definition) is 6. The highest BCUT2D eigenvalue weighted by molar-refractivity contribution is 6.35. The fraction of sp³-hybridized carbons (Fsp3) is 0.481. The van der Waals surface area contributed by atoms with Crippen LogP contribution in [-0.4, -0.2) is 71.5 Å². The number of halogens is 2. The lowest BCUT2D eigenvalue weighted by Crippen LogP contribution is -2.51. The summed E-state index contributed by atoms with van der Waals surface area (Å²) < 4.78 is 0. The van der Waals surface area contributed by atoms with Gasteiger partial charge < -0.3 is 26.0 Å². The molecule has 0 unspecified atom stereocenters. The average molecular weight is 562 g/mol. The number of amides is 2. The molecule has 0 saturated carbocycles. The van der Waals surface area contributed by atoms with Gasteiger partial charge in [0.1, 0.15) is 11.9 Å². The smallest absolute Gasteiger partial charge is 0.328 e. The lowest BCUT2D eigenvalue weighted by atomic mass is 9.96. The van der Waals surface area contributed by atoms with Gasteiger partial charge in [-0.05, 0) is 81.4 Å². The van der Waals surface area contributed by atoms with E-state index in [-0.39, 0.29) is 34.0 Å². The number of nitrogens with zero attached hydrogens (tertiary/aromatic N) is 2. The number of hydrogen-bond donors (Lipinski definition) is 4. The van der Waals surface area contributed by atoms with Crippen LogP contribution in [0.25, 0.3) is 0 Å². The summed E-state index contributed by atoms with van der Waals surface area (Å²) in [5.41, 5.74) is 2.50. The van der Waals surface area contributed by atoms with Gasteiger partial charge in [0.2, 0.25) is 5.91 Å². The number of benzene rings is 1. The standard InChI is InChI=1S/C27H33Cl2N5O4/c28-20-12-19(13-21(29)14-20)26(36)33-23(27(37)38)15-31-25(35)18-5-2-10-34(16-18)11-3-6-22-8-7-17-4-1-9-30-24(17)32-22/h7-8,12-14,18,23H,1-6,9-11,15-16H2,(H,30,32)(H,31,35)(H,33,36)(H,37,38)/t18-,23+/m1/s1. The maximum atomic E-state index is 12.9. The summed E-state index contributed by atoms with van der Waals surface area (Å²) in [5, 5.41) is 18.6. The number of carbonyl (C=O) groups is 3. The Hall–Kier alpha value is -2.88. The second-order valence-electron chi connectivity index (χ2n) is 9.85. The van der Waals surface area contributed by atoms with Gasteiger partial charge in [-0.15, -0.1) is 0 Å². The normalized spacial score (nSPS) is 18.1. The summed E-state index contributed by atoms with van der Waals surface area (Å²) >= 11 is 11.9. The van der Waals surface area contributed by atoms with Crippen molar-refractivity contribution < 1.29 is 19.5 Å². The summed E-state index contributed by atoms with van der Waals surface area (Å²) in [6.07, 6.45) is 5.67. The third-order valence-corrected chi connectivity index (χ3v) is 7.38. The molecule has 38 heavy (non-hydrogen) atoms. The van der Waals surface area contributed by atoms with Crippen molar-refractivity contribution in [3.05, 3.63) is 57.2 Å². The van der Waals surface area contributed by atoms with Crippen LogP contribution in [0.1, 0.15) is 47.3 Å². The van der Waals surface area contributed by atoms with Crippen LogP contribution in [-0.2, 0) is 22.4 Å². The summed E-state index contributed by atoms with van der Waals surface area (Å²) in [5.74, 6) is -1.31. The Bertz CT molecular complexity index is 1160. The minimum atomic E-state index is -1.29.